The molecule has 4 atom stereocenters. The van der Waals surface area contributed by atoms with Crippen molar-refractivity contribution in [2.24, 2.45) is 0 Å². The van der Waals surface area contributed by atoms with Gasteiger partial charge in [-0.1, -0.05) is 484 Å². The van der Waals surface area contributed by atoms with Gasteiger partial charge < -0.3 is 43.0 Å². The lowest BCUT2D eigenvalue weighted by molar-refractivity contribution is -0.168. The van der Waals surface area contributed by atoms with Crippen LogP contribution in [0.1, 0.15) is 548 Å². The number of aliphatic hydroxyl groups excluding tert-OH is 1. The molecular weight excluding hydrogens is 1450 g/mol. The Kier molecular flexibility index (Phi) is 93.7. The molecule has 0 radical (unpaired) electrons. The summed E-state index contributed by atoms with van der Waals surface area (Å²) in [5, 5.41) is 10.3. The first-order chi connectivity index (χ1) is 57.1. The Morgan fingerprint density at radius 1 is 0.172 bits per heavy atom. The summed E-state index contributed by atoms with van der Waals surface area (Å²) in [6.07, 6.45) is 90.2. The lowest BCUT2D eigenvalue weighted by Crippen LogP contribution is -2.36. The fourth-order valence-electron chi connectivity index (χ4n) is 15.9. The molecule has 0 amide bonds. The monoisotopic (exact) mass is 1650 g/mol. The Balaban J connectivity index is 6.11. The second kappa shape index (κ2) is 96.0. The predicted octanol–water partition coefficient (Wildman–Crippen LogP) is 30.5. The lowest BCUT2D eigenvalue weighted by Gasteiger charge is -2.23. The average molecular weight is 1650 g/mol. The molecule has 0 saturated heterocycles. The third-order valence-corrected chi connectivity index (χ3v) is 23.6. The smallest absolute Gasteiger partial charge is 0.306 e. The van der Waals surface area contributed by atoms with Gasteiger partial charge in [0.2, 0.25) is 0 Å². The lowest BCUT2D eigenvalue weighted by atomic mass is 10.0. The maximum Gasteiger partial charge on any atom is 0.306 e. The van der Waals surface area contributed by atoms with Gasteiger partial charge in [0.1, 0.15) is 24.9 Å². The van der Waals surface area contributed by atoms with E-state index in [9.17, 15) is 29.1 Å². The van der Waals surface area contributed by atoms with Gasteiger partial charge in [-0.2, -0.15) is 0 Å². The standard InChI is InChI=1S/C102H196O14/c1-6-11-16-21-26-31-36-41-46-51-56-61-66-71-76-81-98(104)112-93-97(116-102(108)85-80-75-70-65-60-55-50-45-40-35-30-25-20-15-10-5)92-111-91-96(115-101(107)84-79-74-69-64-59-54-49-44-39-34-29-24-19-14-9-4)90-110-89-95(114-100(106)83-78-73-68-63-58-53-48-43-38-33-28-23-18-13-8-3)88-109-87-94(86-103)113-99(105)82-77-72-67-62-57-52-47-42-37-32-27-22-17-12-7-2/h94-97,103H,6-93H2,1-5H3. The zero-order valence-electron chi connectivity index (χ0n) is 77.8. The molecule has 1 N–H and O–H groups in total. The molecule has 0 fully saturated rings. The van der Waals surface area contributed by atoms with Crippen molar-refractivity contribution in [3.8, 4) is 0 Å². The van der Waals surface area contributed by atoms with Crippen LogP contribution < -0.4 is 0 Å². The molecule has 14 heteroatoms. The number of carbonyl (C=O) groups is 5. The second-order valence-corrected chi connectivity index (χ2v) is 35.4. The maximum absolute atomic E-state index is 13.7. The highest BCUT2D eigenvalue weighted by molar-refractivity contribution is 5.71. The number of esters is 5. The molecule has 0 aromatic heterocycles. The normalized spacial score (nSPS) is 12.6. The minimum atomic E-state index is -0.888. The molecule has 0 saturated carbocycles. The van der Waals surface area contributed by atoms with Crippen molar-refractivity contribution in [3.63, 3.8) is 0 Å². The van der Waals surface area contributed by atoms with E-state index >= 15 is 0 Å². The van der Waals surface area contributed by atoms with E-state index < -0.39 is 31.0 Å². The van der Waals surface area contributed by atoms with Gasteiger partial charge in [-0.05, 0) is 32.1 Å². The van der Waals surface area contributed by atoms with Gasteiger partial charge in [0.25, 0.3) is 0 Å². The van der Waals surface area contributed by atoms with E-state index in [4.69, 9.17) is 37.9 Å². The first-order valence-corrected chi connectivity index (χ1v) is 51.4. The van der Waals surface area contributed by atoms with Crippen LogP contribution in [0, 0.1) is 0 Å². The summed E-state index contributed by atoms with van der Waals surface area (Å²) in [6, 6.07) is 0. The van der Waals surface area contributed by atoms with E-state index in [1.807, 2.05) is 0 Å². The summed E-state index contributed by atoms with van der Waals surface area (Å²) in [7, 11) is 0. The van der Waals surface area contributed by atoms with Crippen LogP contribution in [0.3, 0.4) is 0 Å². The van der Waals surface area contributed by atoms with Crippen molar-refractivity contribution in [2.45, 2.75) is 573 Å². The van der Waals surface area contributed by atoms with E-state index in [0.717, 1.165) is 96.3 Å². The molecule has 0 aliphatic heterocycles. The van der Waals surface area contributed by atoms with Crippen LogP contribution in [0.2, 0.25) is 0 Å². The molecule has 0 aromatic carbocycles. The van der Waals surface area contributed by atoms with Crippen molar-refractivity contribution >= 4 is 29.8 Å². The van der Waals surface area contributed by atoms with Gasteiger partial charge in [-0.15, -0.1) is 0 Å². The van der Waals surface area contributed by atoms with E-state index in [1.54, 1.807) is 0 Å². The van der Waals surface area contributed by atoms with E-state index in [0.29, 0.717) is 25.7 Å². The Morgan fingerprint density at radius 2 is 0.302 bits per heavy atom. The SMILES string of the molecule is CCCCCCCCCCCCCCCCCC(=O)OCC(COCC(COCC(COCC(CO)OC(=O)CCCCCCCCCCCCCCCCC)OC(=O)CCCCCCCCCCCCCCCCC)OC(=O)CCCCCCCCCCCCCCCCC)OC(=O)CCCCCCCCCCCCCCCCC. The number of hydrogen-bond donors (Lipinski definition) is 1. The van der Waals surface area contributed by atoms with Gasteiger partial charge in [-0.3, -0.25) is 24.0 Å². The average Bonchev–Trinajstić information content (AvgIpc) is 0.922. The minimum absolute atomic E-state index is 0.0809. The molecule has 0 rings (SSSR count). The van der Waals surface area contributed by atoms with Crippen molar-refractivity contribution in [1.82, 2.24) is 0 Å². The Labute approximate surface area is 718 Å². The molecule has 0 heterocycles. The summed E-state index contributed by atoms with van der Waals surface area (Å²) in [5.41, 5.74) is 0. The van der Waals surface area contributed by atoms with Crippen LogP contribution in [-0.2, 0) is 61.9 Å². The van der Waals surface area contributed by atoms with Crippen molar-refractivity contribution in [3.05, 3.63) is 0 Å². The van der Waals surface area contributed by atoms with Gasteiger partial charge in [0.05, 0.1) is 46.2 Å². The Bertz CT molecular complexity index is 2000. The fraction of sp³-hybridized carbons (Fsp3) is 0.951. The predicted molar refractivity (Wildman–Crippen MR) is 488 cm³/mol. The maximum atomic E-state index is 13.7. The first-order valence-electron chi connectivity index (χ1n) is 51.4. The van der Waals surface area contributed by atoms with Crippen molar-refractivity contribution in [1.29, 1.82) is 0 Å². The number of aliphatic hydroxyl groups is 1. The zero-order valence-corrected chi connectivity index (χ0v) is 77.8. The highest BCUT2D eigenvalue weighted by Gasteiger charge is 2.24. The first kappa shape index (κ1) is 113. The minimum Gasteiger partial charge on any atom is -0.462 e. The second-order valence-electron chi connectivity index (χ2n) is 35.4. The van der Waals surface area contributed by atoms with Gasteiger partial charge in [0.15, 0.2) is 6.10 Å². The van der Waals surface area contributed by atoms with Crippen LogP contribution >= 0.6 is 0 Å². The molecule has 14 nitrogen and oxygen atoms in total. The van der Waals surface area contributed by atoms with Gasteiger partial charge in [-0.25, -0.2) is 0 Å². The third kappa shape index (κ3) is 89.0. The quantitative estimate of drug-likeness (QED) is 0.0345. The van der Waals surface area contributed by atoms with E-state index in [1.165, 1.54) is 366 Å². The molecule has 0 bridgehead atoms. The van der Waals surface area contributed by atoms with E-state index in [-0.39, 0.29) is 102 Å². The summed E-state index contributed by atoms with van der Waals surface area (Å²) < 4.78 is 48.4. The molecule has 0 aromatic rings. The highest BCUT2D eigenvalue weighted by atomic mass is 16.6. The molecular formula is C102H196O14. The third-order valence-electron chi connectivity index (χ3n) is 23.6. The number of hydrogen-bond acceptors (Lipinski definition) is 14. The molecule has 116 heavy (non-hydrogen) atoms. The topological polar surface area (TPSA) is 179 Å². The number of rotatable bonds is 99. The summed E-state index contributed by atoms with van der Waals surface area (Å²) >= 11 is 0. The Morgan fingerprint density at radius 3 is 0.466 bits per heavy atom. The Hall–Kier alpha value is -2.81. The number of carbonyl (C=O) groups excluding carboxylic acids is 5. The summed E-state index contributed by atoms with van der Waals surface area (Å²) in [5.74, 6) is -1.78. The summed E-state index contributed by atoms with van der Waals surface area (Å²) in [4.78, 5) is 67.2. The van der Waals surface area contributed by atoms with Crippen LogP contribution in [0.25, 0.3) is 0 Å². The molecule has 688 valence electrons. The van der Waals surface area contributed by atoms with Crippen LogP contribution in [0.5, 0.6) is 0 Å². The van der Waals surface area contributed by atoms with Crippen molar-refractivity contribution < 1.29 is 67.0 Å². The van der Waals surface area contributed by atoms with Crippen molar-refractivity contribution in [2.75, 3.05) is 52.9 Å². The largest absolute Gasteiger partial charge is 0.462 e. The highest BCUT2D eigenvalue weighted by Crippen LogP contribution is 2.22. The van der Waals surface area contributed by atoms with E-state index in [2.05, 4.69) is 34.6 Å². The van der Waals surface area contributed by atoms with Crippen LogP contribution in [0.4, 0.5) is 0 Å². The fourth-order valence-corrected chi connectivity index (χ4v) is 15.9. The van der Waals surface area contributed by atoms with Crippen LogP contribution in [-0.4, -0.2) is 112 Å². The molecule has 0 spiro atoms. The van der Waals surface area contributed by atoms with Crippen LogP contribution in [0.15, 0.2) is 0 Å². The molecule has 4 unspecified atom stereocenters. The number of unbranched alkanes of at least 4 members (excludes halogenated alkanes) is 70. The molecule has 0 aliphatic carbocycles. The van der Waals surface area contributed by atoms with Gasteiger partial charge >= 0.3 is 29.8 Å². The van der Waals surface area contributed by atoms with Gasteiger partial charge in [0, 0.05) is 32.1 Å². The number of ether oxygens (including phenoxy) is 8. The zero-order chi connectivity index (χ0) is 84.1. The summed E-state index contributed by atoms with van der Waals surface area (Å²) in [6.45, 7) is 10.2. The molecule has 0 aliphatic rings.